The molecule has 0 saturated carbocycles. The maximum atomic E-state index is 12.8. The molecule has 39 heavy (non-hydrogen) atoms. The number of nitrogens with zero attached hydrogens (tertiary/aromatic N) is 4. The van der Waals surface area contributed by atoms with Gasteiger partial charge in [-0.3, -0.25) is 9.69 Å². The maximum absolute atomic E-state index is 12.8. The van der Waals surface area contributed by atoms with Crippen LogP contribution >= 0.6 is 11.8 Å². The molecule has 4 aromatic rings. The maximum Gasteiger partial charge on any atom is 0.247 e. The highest BCUT2D eigenvalue weighted by Gasteiger charge is 2.13. The van der Waals surface area contributed by atoms with Crippen molar-refractivity contribution in [3.05, 3.63) is 96.4 Å². The fraction of sp³-hybridized carbons (Fsp3) is 0.300. The van der Waals surface area contributed by atoms with Crippen molar-refractivity contribution < 1.29 is 13.9 Å². The van der Waals surface area contributed by atoms with Crippen molar-refractivity contribution in [2.75, 3.05) is 51.4 Å². The lowest BCUT2D eigenvalue weighted by Crippen LogP contribution is -2.37. The van der Waals surface area contributed by atoms with Crippen molar-refractivity contribution in [2.24, 2.45) is 0 Å². The Morgan fingerprint density at radius 1 is 0.923 bits per heavy atom. The lowest BCUT2D eigenvalue weighted by Gasteiger charge is -2.23. The minimum atomic E-state index is -0.0502. The molecule has 4 rings (SSSR count). The second-order valence-electron chi connectivity index (χ2n) is 9.34. The summed E-state index contributed by atoms with van der Waals surface area (Å²) in [5.41, 5.74) is 2.72. The highest BCUT2D eigenvalue weighted by molar-refractivity contribution is 7.98. The van der Waals surface area contributed by atoms with Crippen LogP contribution in [0.15, 0.2) is 89.3 Å². The van der Waals surface area contributed by atoms with Gasteiger partial charge < -0.3 is 19.4 Å². The third-order valence-electron chi connectivity index (χ3n) is 5.83. The first-order valence-corrected chi connectivity index (χ1v) is 14.1. The van der Waals surface area contributed by atoms with Gasteiger partial charge in [0.2, 0.25) is 17.7 Å². The van der Waals surface area contributed by atoms with E-state index in [2.05, 4.69) is 37.4 Å². The topological polar surface area (TPSA) is 83.7 Å². The number of anilines is 1. The fourth-order valence-corrected chi connectivity index (χ4v) is 4.46. The number of carbonyl (C=O) groups is 1. The van der Waals surface area contributed by atoms with Crippen LogP contribution in [0.2, 0.25) is 0 Å². The molecule has 0 fully saturated rings. The number of aromatic nitrogens is 2. The molecule has 0 unspecified atom stereocenters. The van der Waals surface area contributed by atoms with Crippen LogP contribution in [0.1, 0.15) is 11.5 Å². The van der Waals surface area contributed by atoms with Gasteiger partial charge >= 0.3 is 0 Å². The average molecular weight is 546 g/mol. The highest BCUT2D eigenvalue weighted by Crippen LogP contribution is 2.22. The molecule has 0 saturated heterocycles. The molecule has 1 N–H and O–H groups in total. The number of thioether (sulfide) groups is 1. The zero-order valence-electron chi connectivity index (χ0n) is 22.5. The summed E-state index contributed by atoms with van der Waals surface area (Å²) < 4.78 is 11.5. The lowest BCUT2D eigenvalue weighted by atomic mass is 10.2. The van der Waals surface area contributed by atoms with Gasteiger partial charge in [-0.1, -0.05) is 48.5 Å². The van der Waals surface area contributed by atoms with Crippen LogP contribution in [0.3, 0.4) is 0 Å². The molecule has 0 aliphatic rings. The smallest absolute Gasteiger partial charge is 0.247 e. The molecule has 9 heteroatoms. The van der Waals surface area contributed by atoms with E-state index in [1.54, 1.807) is 11.8 Å². The van der Waals surface area contributed by atoms with Gasteiger partial charge in [0.05, 0.1) is 18.9 Å². The molecule has 0 spiro atoms. The summed E-state index contributed by atoms with van der Waals surface area (Å²) in [6.45, 7) is 3.32. The predicted octanol–water partition coefficient (Wildman–Crippen LogP) is 5.05. The van der Waals surface area contributed by atoms with Crippen LogP contribution in [-0.4, -0.2) is 72.0 Å². The highest BCUT2D eigenvalue weighted by atomic mass is 32.2. The Kier molecular flexibility index (Phi) is 10.9. The van der Waals surface area contributed by atoms with Gasteiger partial charge in [0.1, 0.15) is 5.75 Å². The Labute approximate surface area is 234 Å². The molecule has 0 bridgehead atoms. The first-order valence-electron chi connectivity index (χ1n) is 12.9. The first kappa shape index (κ1) is 28.4. The Hall–Kier alpha value is -3.66. The number of nitrogens with one attached hydrogen (secondary N) is 1. The van der Waals surface area contributed by atoms with Crippen molar-refractivity contribution in [2.45, 2.75) is 12.3 Å². The normalized spacial score (nSPS) is 11.2. The van der Waals surface area contributed by atoms with E-state index in [4.69, 9.17) is 9.15 Å². The number of amides is 1. The SMILES string of the molecule is CN(C)CCN(CC(=O)Nc1ccc(-c2nnc(CSCCOc3ccccc3)o2)cc1)Cc1ccccc1. The Bertz CT molecular complexity index is 1270. The second kappa shape index (κ2) is 15.1. The Balaban J connectivity index is 1.23. The number of rotatable bonds is 15. The van der Waals surface area contributed by atoms with Crippen LogP contribution in [0.25, 0.3) is 11.5 Å². The average Bonchev–Trinajstić information content (AvgIpc) is 3.42. The predicted molar refractivity (Wildman–Crippen MR) is 157 cm³/mol. The second-order valence-corrected chi connectivity index (χ2v) is 10.4. The molecule has 8 nitrogen and oxygen atoms in total. The molecule has 3 aromatic carbocycles. The number of hydrogen-bond donors (Lipinski definition) is 1. The first-order chi connectivity index (χ1) is 19.0. The zero-order valence-corrected chi connectivity index (χ0v) is 23.3. The molecule has 204 valence electrons. The molecule has 0 aliphatic carbocycles. The molecule has 0 radical (unpaired) electrons. The summed E-state index contributed by atoms with van der Waals surface area (Å²) >= 11 is 1.68. The summed E-state index contributed by atoms with van der Waals surface area (Å²) in [6.07, 6.45) is 0. The van der Waals surface area contributed by atoms with E-state index in [9.17, 15) is 4.79 Å². The van der Waals surface area contributed by atoms with Crippen molar-refractivity contribution in [3.63, 3.8) is 0 Å². The number of hydrogen-bond acceptors (Lipinski definition) is 8. The van der Waals surface area contributed by atoms with Gasteiger partial charge in [-0.2, -0.15) is 0 Å². The lowest BCUT2D eigenvalue weighted by molar-refractivity contribution is -0.117. The van der Waals surface area contributed by atoms with Crippen molar-refractivity contribution in [3.8, 4) is 17.2 Å². The van der Waals surface area contributed by atoms with E-state index in [0.29, 0.717) is 30.7 Å². The number of para-hydroxylation sites is 1. The minimum Gasteiger partial charge on any atom is -0.493 e. The van der Waals surface area contributed by atoms with E-state index >= 15 is 0 Å². The summed E-state index contributed by atoms with van der Waals surface area (Å²) in [4.78, 5) is 17.1. The van der Waals surface area contributed by atoms with Gasteiger partial charge in [-0.05, 0) is 56.1 Å². The number of likely N-dealkylation sites (N-methyl/N-ethyl adjacent to an activating group) is 1. The zero-order chi connectivity index (χ0) is 27.3. The van der Waals surface area contributed by atoms with E-state index < -0.39 is 0 Å². The van der Waals surface area contributed by atoms with E-state index in [-0.39, 0.29) is 5.91 Å². The summed E-state index contributed by atoms with van der Waals surface area (Å²) in [7, 11) is 4.07. The van der Waals surface area contributed by atoms with Crippen molar-refractivity contribution in [1.29, 1.82) is 0 Å². The summed E-state index contributed by atoms with van der Waals surface area (Å²) in [5, 5.41) is 11.3. The summed E-state index contributed by atoms with van der Waals surface area (Å²) in [5.74, 6) is 3.29. The monoisotopic (exact) mass is 545 g/mol. The molecule has 0 atom stereocenters. The molecule has 1 heterocycles. The largest absolute Gasteiger partial charge is 0.493 e. The number of benzene rings is 3. The Morgan fingerprint density at radius 3 is 2.36 bits per heavy atom. The van der Waals surface area contributed by atoms with E-state index in [1.807, 2.05) is 86.9 Å². The molecule has 0 aliphatic heterocycles. The number of ether oxygens (including phenoxy) is 1. The quantitative estimate of drug-likeness (QED) is 0.208. The standard InChI is InChI=1S/C30H35N5O3S/c1-34(2)17-18-35(21-24-9-5-3-6-10-24)22-28(36)31-26-15-13-25(14-16-26)30-33-32-29(38-30)23-39-20-19-37-27-11-7-4-8-12-27/h3-16H,17-23H2,1-2H3,(H,31,36). The van der Waals surface area contributed by atoms with Crippen LogP contribution in [-0.2, 0) is 17.1 Å². The van der Waals surface area contributed by atoms with Crippen molar-refractivity contribution >= 4 is 23.4 Å². The molecular formula is C30H35N5O3S. The van der Waals surface area contributed by atoms with Gasteiger partial charge in [-0.15, -0.1) is 22.0 Å². The van der Waals surface area contributed by atoms with Gasteiger partial charge in [-0.25, -0.2) is 0 Å². The minimum absolute atomic E-state index is 0.0502. The molecule has 1 aromatic heterocycles. The van der Waals surface area contributed by atoms with Gasteiger partial charge in [0.25, 0.3) is 0 Å². The van der Waals surface area contributed by atoms with Crippen LogP contribution in [0, 0.1) is 0 Å². The van der Waals surface area contributed by atoms with Gasteiger partial charge in [0.15, 0.2) is 0 Å². The van der Waals surface area contributed by atoms with E-state index in [1.165, 1.54) is 5.56 Å². The number of carbonyl (C=O) groups excluding carboxylic acids is 1. The van der Waals surface area contributed by atoms with Crippen LogP contribution in [0.4, 0.5) is 5.69 Å². The third kappa shape index (κ3) is 9.86. The van der Waals surface area contributed by atoms with Crippen molar-refractivity contribution in [1.82, 2.24) is 20.0 Å². The van der Waals surface area contributed by atoms with E-state index in [0.717, 1.165) is 42.4 Å². The fourth-order valence-electron chi connectivity index (χ4n) is 3.82. The summed E-state index contributed by atoms with van der Waals surface area (Å²) in [6, 6.07) is 27.4. The Morgan fingerprint density at radius 2 is 1.64 bits per heavy atom. The molecular weight excluding hydrogens is 510 g/mol. The van der Waals surface area contributed by atoms with Crippen LogP contribution < -0.4 is 10.1 Å². The van der Waals surface area contributed by atoms with Crippen LogP contribution in [0.5, 0.6) is 5.75 Å². The van der Waals surface area contributed by atoms with Gasteiger partial charge in [0, 0.05) is 36.6 Å². The third-order valence-corrected chi connectivity index (χ3v) is 6.73. The molecule has 1 amide bonds.